The lowest BCUT2D eigenvalue weighted by atomic mass is 9.92. The fourth-order valence-corrected chi connectivity index (χ4v) is 2.27. The van der Waals surface area contributed by atoms with Gasteiger partial charge in [0.1, 0.15) is 5.75 Å². The van der Waals surface area contributed by atoms with E-state index < -0.39 is 6.10 Å². The first-order valence-electron chi connectivity index (χ1n) is 6.15. The molecule has 0 bridgehead atoms. The molecular weight excluding hydrogens is 232 g/mol. The number of nitrogens with one attached hydrogen (secondary N) is 1. The molecular formula is C13H18N2O3. The highest BCUT2D eigenvalue weighted by Gasteiger charge is 2.25. The van der Waals surface area contributed by atoms with E-state index in [4.69, 9.17) is 5.73 Å². The van der Waals surface area contributed by atoms with E-state index in [0.717, 1.165) is 19.3 Å². The number of nitrogens with two attached hydrogens (primary N) is 1. The predicted octanol–water partition coefficient (Wildman–Crippen LogP) is 1.01. The monoisotopic (exact) mass is 250 g/mol. The van der Waals surface area contributed by atoms with Crippen LogP contribution in [0.25, 0.3) is 0 Å². The van der Waals surface area contributed by atoms with Gasteiger partial charge in [0.2, 0.25) is 0 Å². The third kappa shape index (κ3) is 2.73. The number of anilines is 1. The average molecular weight is 250 g/mol. The zero-order valence-electron chi connectivity index (χ0n) is 10.1. The van der Waals surface area contributed by atoms with E-state index in [1.165, 1.54) is 18.2 Å². The Bertz CT molecular complexity index is 448. The minimum Gasteiger partial charge on any atom is -0.508 e. The maximum Gasteiger partial charge on any atom is 0.253 e. The average Bonchev–Trinajstić information content (AvgIpc) is 2.35. The van der Waals surface area contributed by atoms with Crippen LogP contribution in [0.15, 0.2) is 18.2 Å². The van der Waals surface area contributed by atoms with Crippen LogP contribution in [0.2, 0.25) is 0 Å². The van der Waals surface area contributed by atoms with Gasteiger partial charge in [0.15, 0.2) is 0 Å². The van der Waals surface area contributed by atoms with Gasteiger partial charge in [-0.3, -0.25) is 4.79 Å². The number of aromatic hydroxyl groups is 1. The maximum absolute atomic E-state index is 12.0. The lowest BCUT2D eigenvalue weighted by molar-refractivity contribution is 0.0717. The van der Waals surface area contributed by atoms with Gasteiger partial charge in [-0.1, -0.05) is 12.8 Å². The van der Waals surface area contributed by atoms with Crippen molar-refractivity contribution in [2.45, 2.75) is 37.8 Å². The second-order valence-electron chi connectivity index (χ2n) is 4.70. The highest BCUT2D eigenvalue weighted by atomic mass is 16.3. The summed E-state index contributed by atoms with van der Waals surface area (Å²) in [5.41, 5.74) is 6.25. The SMILES string of the molecule is Nc1ccc(O)cc1C(=O)N[C@H]1CCCC[C@@H]1O. The molecule has 0 spiro atoms. The van der Waals surface area contributed by atoms with E-state index in [1.54, 1.807) is 0 Å². The van der Waals surface area contributed by atoms with Gasteiger partial charge in [0.25, 0.3) is 5.91 Å². The maximum atomic E-state index is 12.0. The van der Waals surface area contributed by atoms with Crippen LogP contribution in [0.3, 0.4) is 0 Å². The van der Waals surface area contributed by atoms with E-state index in [-0.39, 0.29) is 23.3 Å². The fraction of sp³-hybridized carbons (Fsp3) is 0.462. The molecule has 0 aliphatic heterocycles. The Kier molecular flexibility index (Phi) is 3.72. The third-order valence-corrected chi connectivity index (χ3v) is 3.33. The molecule has 0 saturated heterocycles. The third-order valence-electron chi connectivity index (χ3n) is 3.33. The van der Waals surface area contributed by atoms with E-state index in [0.29, 0.717) is 12.1 Å². The van der Waals surface area contributed by atoms with Crippen molar-refractivity contribution in [3.63, 3.8) is 0 Å². The van der Waals surface area contributed by atoms with Gasteiger partial charge in [-0.2, -0.15) is 0 Å². The van der Waals surface area contributed by atoms with E-state index in [1.807, 2.05) is 0 Å². The predicted molar refractivity (Wildman–Crippen MR) is 68.2 cm³/mol. The van der Waals surface area contributed by atoms with E-state index >= 15 is 0 Å². The van der Waals surface area contributed by atoms with Crippen LogP contribution < -0.4 is 11.1 Å². The number of rotatable bonds is 2. The summed E-state index contributed by atoms with van der Waals surface area (Å²) in [6, 6.07) is 4.02. The molecule has 1 amide bonds. The molecule has 2 rings (SSSR count). The number of hydrogen-bond acceptors (Lipinski definition) is 4. The number of nitrogen functional groups attached to an aromatic ring is 1. The Morgan fingerprint density at radius 1 is 1.33 bits per heavy atom. The lowest BCUT2D eigenvalue weighted by Gasteiger charge is -2.28. The molecule has 1 aliphatic rings. The van der Waals surface area contributed by atoms with Crippen molar-refractivity contribution in [1.82, 2.24) is 5.32 Å². The molecule has 5 heteroatoms. The molecule has 5 N–H and O–H groups in total. The second kappa shape index (κ2) is 5.27. The van der Waals surface area contributed by atoms with Crippen LogP contribution in [0.1, 0.15) is 36.0 Å². The molecule has 18 heavy (non-hydrogen) atoms. The van der Waals surface area contributed by atoms with Gasteiger partial charge in [0, 0.05) is 5.69 Å². The topological polar surface area (TPSA) is 95.6 Å². The van der Waals surface area contributed by atoms with Gasteiger partial charge in [-0.25, -0.2) is 0 Å². The Labute approximate surface area is 106 Å². The number of carbonyl (C=O) groups excluding carboxylic acids is 1. The largest absolute Gasteiger partial charge is 0.508 e. The molecule has 0 unspecified atom stereocenters. The standard InChI is InChI=1S/C13H18N2O3/c14-10-6-5-8(16)7-9(10)13(18)15-11-3-1-2-4-12(11)17/h5-7,11-12,16-17H,1-4,14H2,(H,15,18)/t11-,12-/m0/s1. The van der Waals surface area contributed by atoms with Crippen molar-refractivity contribution in [3.05, 3.63) is 23.8 Å². The highest BCUT2D eigenvalue weighted by Crippen LogP contribution is 2.21. The summed E-state index contributed by atoms with van der Waals surface area (Å²) < 4.78 is 0. The summed E-state index contributed by atoms with van der Waals surface area (Å²) in [6.45, 7) is 0. The molecule has 1 aromatic carbocycles. The first-order chi connectivity index (χ1) is 8.58. The van der Waals surface area contributed by atoms with E-state index in [2.05, 4.69) is 5.32 Å². The molecule has 1 saturated carbocycles. The van der Waals surface area contributed by atoms with Crippen LogP contribution in [-0.2, 0) is 0 Å². The zero-order chi connectivity index (χ0) is 13.1. The quantitative estimate of drug-likeness (QED) is 0.465. The Balaban J connectivity index is 2.09. The number of benzene rings is 1. The Morgan fingerprint density at radius 2 is 2.06 bits per heavy atom. The summed E-state index contributed by atoms with van der Waals surface area (Å²) >= 11 is 0. The van der Waals surface area contributed by atoms with Crippen LogP contribution in [0, 0.1) is 0 Å². The molecule has 1 aromatic rings. The molecule has 0 heterocycles. The summed E-state index contributed by atoms with van der Waals surface area (Å²) in [7, 11) is 0. The van der Waals surface area contributed by atoms with Gasteiger partial charge >= 0.3 is 0 Å². The van der Waals surface area contributed by atoms with Gasteiger partial charge in [-0.05, 0) is 31.0 Å². The van der Waals surface area contributed by atoms with Crippen molar-refractivity contribution in [3.8, 4) is 5.75 Å². The lowest BCUT2D eigenvalue weighted by Crippen LogP contribution is -2.45. The molecule has 5 nitrogen and oxygen atoms in total. The minimum atomic E-state index is -0.499. The van der Waals surface area contributed by atoms with Crippen molar-refractivity contribution >= 4 is 11.6 Å². The highest BCUT2D eigenvalue weighted by molar-refractivity contribution is 5.99. The molecule has 0 aromatic heterocycles. The number of carbonyl (C=O) groups is 1. The van der Waals surface area contributed by atoms with E-state index in [9.17, 15) is 15.0 Å². The number of phenols is 1. The normalized spacial score (nSPS) is 23.6. The van der Waals surface area contributed by atoms with Gasteiger partial charge < -0.3 is 21.3 Å². The number of aliphatic hydroxyl groups is 1. The molecule has 98 valence electrons. The van der Waals surface area contributed by atoms with Crippen molar-refractivity contribution in [2.24, 2.45) is 0 Å². The smallest absolute Gasteiger partial charge is 0.253 e. The summed E-state index contributed by atoms with van der Waals surface area (Å²) in [4.78, 5) is 12.0. The summed E-state index contributed by atoms with van der Waals surface area (Å²) in [6.07, 6.45) is 2.96. The van der Waals surface area contributed by atoms with Crippen LogP contribution in [-0.4, -0.2) is 28.3 Å². The Hall–Kier alpha value is -1.75. The minimum absolute atomic E-state index is 0.00135. The number of phenolic OH excluding ortho intramolecular Hbond substituents is 1. The van der Waals surface area contributed by atoms with Crippen molar-refractivity contribution in [1.29, 1.82) is 0 Å². The summed E-state index contributed by atoms with van der Waals surface area (Å²) in [5.74, 6) is -0.354. The number of amides is 1. The molecule has 1 fully saturated rings. The second-order valence-corrected chi connectivity index (χ2v) is 4.70. The summed E-state index contributed by atoms with van der Waals surface area (Å²) in [5, 5.41) is 21.9. The number of aliphatic hydroxyl groups excluding tert-OH is 1. The first kappa shape index (κ1) is 12.7. The van der Waals surface area contributed by atoms with Crippen molar-refractivity contribution < 1.29 is 15.0 Å². The van der Waals surface area contributed by atoms with Crippen LogP contribution in [0.4, 0.5) is 5.69 Å². The Morgan fingerprint density at radius 3 is 2.78 bits per heavy atom. The van der Waals surface area contributed by atoms with Gasteiger partial charge in [0.05, 0.1) is 17.7 Å². The molecule has 1 aliphatic carbocycles. The zero-order valence-corrected chi connectivity index (χ0v) is 10.1. The van der Waals surface area contributed by atoms with Crippen LogP contribution >= 0.6 is 0 Å². The first-order valence-corrected chi connectivity index (χ1v) is 6.15. The fourth-order valence-electron chi connectivity index (χ4n) is 2.27. The van der Waals surface area contributed by atoms with Crippen LogP contribution in [0.5, 0.6) is 5.75 Å². The van der Waals surface area contributed by atoms with Gasteiger partial charge in [-0.15, -0.1) is 0 Å². The number of hydrogen-bond donors (Lipinski definition) is 4. The molecule has 2 atom stereocenters. The molecule has 0 radical (unpaired) electrons. The van der Waals surface area contributed by atoms with Crippen molar-refractivity contribution in [2.75, 3.05) is 5.73 Å².